The summed E-state index contributed by atoms with van der Waals surface area (Å²) in [5, 5.41) is 13.7. The monoisotopic (exact) mass is 409 g/mol. The molecule has 3 aliphatic heterocycles. The van der Waals surface area contributed by atoms with Crippen molar-refractivity contribution in [2.75, 3.05) is 20.8 Å². The van der Waals surface area contributed by atoms with Crippen LogP contribution in [0.2, 0.25) is 0 Å². The van der Waals surface area contributed by atoms with Gasteiger partial charge in [-0.2, -0.15) is 0 Å². The molecule has 5 rings (SSSR count). The first-order valence-electron chi connectivity index (χ1n) is 9.81. The van der Waals surface area contributed by atoms with Gasteiger partial charge in [0.15, 0.2) is 11.5 Å². The van der Waals surface area contributed by atoms with Gasteiger partial charge >= 0.3 is 0 Å². The number of fused-ring (bicyclic) bond motifs is 6. The molecule has 3 aliphatic rings. The predicted octanol–water partition coefficient (Wildman–Crippen LogP) is 3.70. The van der Waals surface area contributed by atoms with Crippen LogP contribution in [0.1, 0.15) is 29.5 Å². The van der Waals surface area contributed by atoms with E-state index in [0.29, 0.717) is 41.7 Å². The average molecular weight is 409 g/mol. The second-order valence-electron chi connectivity index (χ2n) is 7.75. The van der Waals surface area contributed by atoms with Crippen molar-refractivity contribution in [1.82, 2.24) is 0 Å². The lowest BCUT2D eigenvalue weighted by Gasteiger charge is -2.39. The number of hydrogen-bond acceptors (Lipinski definition) is 7. The van der Waals surface area contributed by atoms with Crippen LogP contribution in [0.15, 0.2) is 41.6 Å². The van der Waals surface area contributed by atoms with Crippen LogP contribution in [-0.4, -0.2) is 44.0 Å². The molecule has 0 aliphatic carbocycles. The molecule has 2 aromatic rings. The average Bonchev–Trinajstić information content (AvgIpc) is 3.21. The maximum absolute atomic E-state index is 10.0. The van der Waals surface area contributed by atoms with Gasteiger partial charge < -0.3 is 28.9 Å². The molecule has 30 heavy (non-hydrogen) atoms. The largest absolute Gasteiger partial charge is 0.493 e. The van der Waals surface area contributed by atoms with Crippen LogP contribution in [0.25, 0.3) is 0 Å². The third kappa shape index (κ3) is 2.61. The molecule has 3 heterocycles. The molecule has 0 saturated heterocycles. The van der Waals surface area contributed by atoms with Crippen molar-refractivity contribution in [2.24, 2.45) is 5.16 Å². The highest BCUT2D eigenvalue weighted by atomic mass is 16.5. The maximum atomic E-state index is 10.0. The highest BCUT2D eigenvalue weighted by Crippen LogP contribution is 2.50. The third-order valence-corrected chi connectivity index (χ3v) is 6.00. The Labute approximate surface area is 174 Å². The molecule has 156 valence electrons. The summed E-state index contributed by atoms with van der Waals surface area (Å²) in [6.07, 6.45) is 0.249. The SMILES string of the molecule is C=C(C)[C@H]1Cc2c(ccc3c2OC2COc4cc(OC)c(OC)cc4C2/C3=N/O)O1. The van der Waals surface area contributed by atoms with Crippen LogP contribution in [0.3, 0.4) is 0 Å². The van der Waals surface area contributed by atoms with E-state index in [9.17, 15) is 5.21 Å². The van der Waals surface area contributed by atoms with Crippen LogP contribution < -0.4 is 23.7 Å². The molecule has 7 nitrogen and oxygen atoms in total. The van der Waals surface area contributed by atoms with E-state index < -0.39 is 0 Å². The van der Waals surface area contributed by atoms with Crippen LogP contribution in [0.5, 0.6) is 28.7 Å². The minimum atomic E-state index is -0.343. The summed E-state index contributed by atoms with van der Waals surface area (Å²) in [6, 6.07) is 7.44. The van der Waals surface area contributed by atoms with Gasteiger partial charge in [-0.3, -0.25) is 0 Å². The second-order valence-corrected chi connectivity index (χ2v) is 7.75. The minimum absolute atomic E-state index is 0.0811. The highest BCUT2D eigenvalue weighted by Gasteiger charge is 2.44. The molecular weight excluding hydrogens is 386 g/mol. The number of hydrogen-bond donors (Lipinski definition) is 1. The zero-order chi connectivity index (χ0) is 21.0. The van der Waals surface area contributed by atoms with Gasteiger partial charge in [0, 0.05) is 29.2 Å². The van der Waals surface area contributed by atoms with E-state index in [-0.39, 0.29) is 18.1 Å². The quantitative estimate of drug-likeness (QED) is 0.473. The highest BCUT2D eigenvalue weighted by molar-refractivity contribution is 6.09. The van der Waals surface area contributed by atoms with Crippen molar-refractivity contribution in [3.63, 3.8) is 0 Å². The molecule has 2 aromatic carbocycles. The van der Waals surface area contributed by atoms with Gasteiger partial charge in [0.05, 0.1) is 20.1 Å². The standard InChI is InChI=1S/C23H23NO6/c1-11(2)16-8-14-15(29-16)6-5-12-22(24-25)21-13-7-18(26-3)19(27-4)9-17(13)28-10-20(21)30-23(12)14/h5-7,9,16,20-21,25H,1,8,10H2,2-4H3/b24-22+/t16-,20?,21?/m1/s1. The fraction of sp³-hybridized carbons (Fsp3) is 0.348. The Morgan fingerprint density at radius 3 is 2.60 bits per heavy atom. The topological polar surface area (TPSA) is 78.7 Å². The second kappa shape index (κ2) is 6.86. The lowest BCUT2D eigenvalue weighted by atomic mass is 9.80. The molecule has 7 heteroatoms. The van der Waals surface area contributed by atoms with Crippen LogP contribution >= 0.6 is 0 Å². The summed E-state index contributed by atoms with van der Waals surface area (Å²) >= 11 is 0. The van der Waals surface area contributed by atoms with Crippen molar-refractivity contribution >= 4 is 5.71 Å². The first-order valence-corrected chi connectivity index (χ1v) is 9.81. The number of rotatable bonds is 3. The van der Waals surface area contributed by atoms with E-state index in [2.05, 4.69) is 11.7 Å². The first kappa shape index (κ1) is 18.7. The van der Waals surface area contributed by atoms with E-state index in [1.807, 2.05) is 25.1 Å². The smallest absolute Gasteiger partial charge is 0.164 e. The summed E-state index contributed by atoms with van der Waals surface area (Å²) in [4.78, 5) is 0. The van der Waals surface area contributed by atoms with Gasteiger partial charge in [0.2, 0.25) is 0 Å². The zero-order valence-electron chi connectivity index (χ0n) is 17.1. The van der Waals surface area contributed by atoms with Crippen molar-refractivity contribution in [2.45, 2.75) is 31.5 Å². The van der Waals surface area contributed by atoms with E-state index in [0.717, 1.165) is 28.0 Å². The maximum Gasteiger partial charge on any atom is 0.164 e. The molecule has 0 radical (unpaired) electrons. The lowest BCUT2D eigenvalue weighted by Crippen LogP contribution is -2.43. The molecule has 2 unspecified atom stereocenters. The Morgan fingerprint density at radius 1 is 1.13 bits per heavy atom. The van der Waals surface area contributed by atoms with Crippen molar-refractivity contribution in [3.8, 4) is 28.7 Å². The molecule has 0 aromatic heterocycles. The molecule has 0 saturated carbocycles. The Bertz CT molecular complexity index is 1080. The molecule has 0 bridgehead atoms. The molecule has 0 fully saturated rings. The van der Waals surface area contributed by atoms with E-state index in [1.165, 1.54) is 0 Å². The van der Waals surface area contributed by atoms with E-state index in [4.69, 9.17) is 23.7 Å². The third-order valence-electron chi connectivity index (χ3n) is 6.00. The van der Waals surface area contributed by atoms with Crippen LogP contribution in [0.4, 0.5) is 0 Å². The molecular formula is C23H23NO6. The molecule has 1 N–H and O–H groups in total. The van der Waals surface area contributed by atoms with Gasteiger partial charge in [-0.1, -0.05) is 11.7 Å². The number of oxime groups is 1. The Kier molecular flexibility index (Phi) is 4.27. The summed E-state index contributed by atoms with van der Waals surface area (Å²) in [5.41, 5.74) is 4.06. The molecule has 0 amide bonds. The fourth-order valence-corrected chi connectivity index (χ4v) is 4.48. The summed E-state index contributed by atoms with van der Waals surface area (Å²) < 4.78 is 29.3. The van der Waals surface area contributed by atoms with Crippen LogP contribution in [-0.2, 0) is 6.42 Å². The fourth-order valence-electron chi connectivity index (χ4n) is 4.48. The summed E-state index contributed by atoms with van der Waals surface area (Å²) in [6.45, 7) is 6.28. The van der Waals surface area contributed by atoms with Crippen LogP contribution in [0, 0.1) is 0 Å². The van der Waals surface area contributed by atoms with Crippen molar-refractivity contribution in [1.29, 1.82) is 0 Å². The van der Waals surface area contributed by atoms with E-state index in [1.54, 1.807) is 20.3 Å². The number of nitrogens with zero attached hydrogens (tertiary/aromatic N) is 1. The summed E-state index contributed by atoms with van der Waals surface area (Å²) in [7, 11) is 3.16. The lowest BCUT2D eigenvalue weighted by molar-refractivity contribution is 0.0961. The van der Waals surface area contributed by atoms with Gasteiger partial charge in [-0.15, -0.1) is 0 Å². The summed E-state index contributed by atoms with van der Waals surface area (Å²) in [5.74, 6) is 2.99. The Hall–Kier alpha value is -3.35. The van der Waals surface area contributed by atoms with Gasteiger partial charge in [-0.25, -0.2) is 0 Å². The van der Waals surface area contributed by atoms with Gasteiger partial charge in [0.1, 0.15) is 41.8 Å². The van der Waals surface area contributed by atoms with Gasteiger partial charge in [0.25, 0.3) is 0 Å². The number of ether oxygens (including phenoxy) is 5. The molecule has 0 spiro atoms. The van der Waals surface area contributed by atoms with Crippen molar-refractivity contribution in [3.05, 3.63) is 53.1 Å². The first-order chi connectivity index (χ1) is 14.5. The zero-order valence-corrected chi connectivity index (χ0v) is 17.1. The number of benzene rings is 2. The Balaban J connectivity index is 1.62. The Morgan fingerprint density at radius 2 is 1.90 bits per heavy atom. The van der Waals surface area contributed by atoms with Crippen molar-refractivity contribution < 1.29 is 28.9 Å². The minimum Gasteiger partial charge on any atom is -0.493 e. The predicted molar refractivity (Wildman–Crippen MR) is 110 cm³/mol. The number of methoxy groups -OCH3 is 2. The van der Waals surface area contributed by atoms with E-state index >= 15 is 0 Å². The normalized spacial score (nSPS) is 24.4. The van der Waals surface area contributed by atoms with Gasteiger partial charge in [-0.05, 0) is 30.7 Å². The molecule has 3 atom stereocenters.